The van der Waals surface area contributed by atoms with Crippen LogP contribution >= 0.6 is 15.9 Å². The monoisotopic (exact) mass is 285 g/mol. The van der Waals surface area contributed by atoms with Crippen molar-refractivity contribution in [3.8, 4) is 11.4 Å². The molecule has 0 saturated carbocycles. The van der Waals surface area contributed by atoms with Crippen molar-refractivity contribution in [1.82, 2.24) is 14.8 Å². The molecule has 84 valence electrons. The van der Waals surface area contributed by atoms with Gasteiger partial charge in [-0.25, -0.2) is 4.39 Å². The Hall–Kier alpha value is -1.27. The van der Waals surface area contributed by atoms with Gasteiger partial charge in [-0.3, -0.25) is 0 Å². The molecule has 0 aliphatic carbocycles. The Morgan fingerprint density at radius 3 is 2.81 bits per heavy atom. The van der Waals surface area contributed by atoms with Crippen molar-refractivity contribution in [2.45, 2.75) is 6.61 Å². The number of aromatic nitrogens is 3. The van der Waals surface area contributed by atoms with Crippen molar-refractivity contribution in [2.75, 3.05) is 0 Å². The molecule has 1 aromatic heterocycles. The molecule has 1 aromatic carbocycles. The largest absolute Gasteiger partial charge is 0.388 e. The lowest BCUT2D eigenvalue weighted by molar-refractivity contribution is 0.267. The van der Waals surface area contributed by atoms with E-state index in [9.17, 15) is 4.39 Å². The number of rotatable bonds is 2. The van der Waals surface area contributed by atoms with Crippen LogP contribution in [-0.2, 0) is 13.7 Å². The van der Waals surface area contributed by atoms with Crippen LogP contribution in [0.5, 0.6) is 0 Å². The Labute approximate surface area is 99.9 Å². The molecule has 0 fully saturated rings. The van der Waals surface area contributed by atoms with E-state index >= 15 is 0 Å². The number of aliphatic hydroxyl groups excluding tert-OH is 1. The van der Waals surface area contributed by atoms with E-state index in [-0.39, 0.29) is 12.4 Å². The van der Waals surface area contributed by atoms with Gasteiger partial charge < -0.3 is 9.67 Å². The minimum Gasteiger partial charge on any atom is -0.388 e. The van der Waals surface area contributed by atoms with Crippen LogP contribution in [0.1, 0.15) is 5.82 Å². The van der Waals surface area contributed by atoms with Gasteiger partial charge in [-0.15, -0.1) is 10.2 Å². The van der Waals surface area contributed by atoms with Crippen LogP contribution in [0.25, 0.3) is 11.4 Å². The Balaban J connectivity index is 2.58. The molecular weight excluding hydrogens is 277 g/mol. The molecule has 6 heteroatoms. The Morgan fingerprint density at radius 2 is 2.19 bits per heavy atom. The Kier molecular flexibility index (Phi) is 3.02. The normalized spacial score (nSPS) is 10.8. The van der Waals surface area contributed by atoms with Crippen molar-refractivity contribution < 1.29 is 9.50 Å². The molecule has 0 bridgehead atoms. The summed E-state index contributed by atoms with van der Waals surface area (Å²) in [5.41, 5.74) is 0.606. The molecule has 0 spiro atoms. The molecule has 0 aliphatic rings. The Bertz CT molecular complexity index is 527. The fourth-order valence-electron chi connectivity index (χ4n) is 1.40. The first-order valence-electron chi connectivity index (χ1n) is 4.58. The van der Waals surface area contributed by atoms with Gasteiger partial charge in [0.05, 0.1) is 0 Å². The molecule has 0 radical (unpaired) electrons. The van der Waals surface area contributed by atoms with Crippen LogP contribution in [-0.4, -0.2) is 19.9 Å². The van der Waals surface area contributed by atoms with Gasteiger partial charge in [0.2, 0.25) is 0 Å². The highest BCUT2D eigenvalue weighted by Gasteiger charge is 2.13. The van der Waals surface area contributed by atoms with Gasteiger partial charge in [0, 0.05) is 17.1 Å². The van der Waals surface area contributed by atoms with E-state index in [1.54, 1.807) is 17.7 Å². The topological polar surface area (TPSA) is 50.9 Å². The summed E-state index contributed by atoms with van der Waals surface area (Å²) in [6, 6.07) is 4.34. The molecular formula is C10H9BrFN3O. The maximum absolute atomic E-state index is 13.1. The highest BCUT2D eigenvalue weighted by atomic mass is 79.9. The fraction of sp³-hybridized carbons (Fsp3) is 0.200. The van der Waals surface area contributed by atoms with Crippen molar-refractivity contribution in [3.63, 3.8) is 0 Å². The van der Waals surface area contributed by atoms with E-state index in [0.29, 0.717) is 17.2 Å². The summed E-state index contributed by atoms with van der Waals surface area (Å²) in [7, 11) is 1.72. The maximum atomic E-state index is 13.1. The lowest BCUT2D eigenvalue weighted by Crippen LogP contribution is -1.99. The number of benzene rings is 1. The van der Waals surface area contributed by atoms with Crippen molar-refractivity contribution in [2.24, 2.45) is 7.05 Å². The van der Waals surface area contributed by atoms with Crippen LogP contribution in [0.2, 0.25) is 0 Å². The van der Waals surface area contributed by atoms with Crippen LogP contribution in [0.4, 0.5) is 4.39 Å². The lowest BCUT2D eigenvalue weighted by Gasteiger charge is -2.04. The van der Waals surface area contributed by atoms with Crippen molar-refractivity contribution in [1.29, 1.82) is 0 Å². The van der Waals surface area contributed by atoms with Crippen LogP contribution < -0.4 is 0 Å². The third-order valence-corrected chi connectivity index (χ3v) is 2.97. The van der Waals surface area contributed by atoms with Gasteiger partial charge in [0.1, 0.15) is 12.4 Å². The van der Waals surface area contributed by atoms with Gasteiger partial charge in [-0.1, -0.05) is 15.9 Å². The molecule has 2 rings (SSSR count). The number of hydrogen-bond acceptors (Lipinski definition) is 3. The van der Waals surface area contributed by atoms with Crippen molar-refractivity contribution in [3.05, 3.63) is 34.3 Å². The van der Waals surface area contributed by atoms with Crippen LogP contribution in [0.15, 0.2) is 22.7 Å². The molecule has 0 amide bonds. The van der Waals surface area contributed by atoms with Gasteiger partial charge in [-0.05, 0) is 18.2 Å². The molecule has 16 heavy (non-hydrogen) atoms. The predicted octanol–water partition coefficient (Wildman–Crippen LogP) is 1.88. The first-order valence-corrected chi connectivity index (χ1v) is 5.37. The smallest absolute Gasteiger partial charge is 0.165 e. The van der Waals surface area contributed by atoms with Crippen LogP contribution in [0.3, 0.4) is 0 Å². The second-order valence-corrected chi connectivity index (χ2v) is 4.14. The molecule has 1 N–H and O–H groups in total. The van der Waals surface area contributed by atoms with Crippen LogP contribution in [0, 0.1) is 5.82 Å². The molecule has 1 heterocycles. The summed E-state index contributed by atoms with van der Waals surface area (Å²) in [5, 5.41) is 16.7. The predicted molar refractivity (Wildman–Crippen MR) is 60.0 cm³/mol. The lowest BCUT2D eigenvalue weighted by atomic mass is 10.2. The van der Waals surface area contributed by atoms with Gasteiger partial charge >= 0.3 is 0 Å². The number of nitrogens with zero attached hydrogens (tertiary/aromatic N) is 3. The highest BCUT2D eigenvalue weighted by Crippen LogP contribution is 2.27. The summed E-state index contributed by atoms with van der Waals surface area (Å²) in [5.74, 6) is 0.605. The maximum Gasteiger partial charge on any atom is 0.165 e. The zero-order chi connectivity index (χ0) is 11.7. The third-order valence-electron chi connectivity index (χ3n) is 2.28. The molecule has 0 saturated heterocycles. The summed E-state index contributed by atoms with van der Waals surface area (Å²) in [6.07, 6.45) is 0. The van der Waals surface area contributed by atoms with Gasteiger partial charge in [0.15, 0.2) is 11.6 Å². The average Bonchev–Trinajstić information content (AvgIpc) is 2.63. The molecule has 0 unspecified atom stereocenters. The molecule has 4 nitrogen and oxygen atoms in total. The second kappa shape index (κ2) is 4.31. The minimum absolute atomic E-state index is 0.198. The van der Waals surface area contributed by atoms with E-state index in [4.69, 9.17) is 5.11 Å². The van der Waals surface area contributed by atoms with E-state index < -0.39 is 0 Å². The van der Waals surface area contributed by atoms with E-state index in [1.165, 1.54) is 12.1 Å². The first-order chi connectivity index (χ1) is 7.63. The quantitative estimate of drug-likeness (QED) is 0.917. The van der Waals surface area contributed by atoms with E-state index in [2.05, 4.69) is 26.1 Å². The minimum atomic E-state index is -0.341. The number of aliphatic hydroxyl groups is 1. The summed E-state index contributed by atoms with van der Waals surface area (Å²) in [6.45, 7) is -0.198. The fourth-order valence-corrected chi connectivity index (χ4v) is 1.83. The molecule has 0 aliphatic heterocycles. The summed E-state index contributed by atoms with van der Waals surface area (Å²) in [4.78, 5) is 0. The average molecular weight is 286 g/mol. The summed E-state index contributed by atoms with van der Waals surface area (Å²) < 4.78 is 15.5. The third kappa shape index (κ3) is 1.85. The summed E-state index contributed by atoms with van der Waals surface area (Å²) >= 11 is 3.32. The standard InChI is InChI=1S/C10H9BrFN3O/c1-15-9(5-16)13-14-10(15)7-4-6(12)2-3-8(7)11/h2-4,16H,5H2,1H3. The first kappa shape index (κ1) is 11.2. The second-order valence-electron chi connectivity index (χ2n) is 3.28. The zero-order valence-electron chi connectivity index (χ0n) is 8.48. The molecule has 0 atom stereocenters. The van der Waals surface area contributed by atoms with E-state index in [1.807, 2.05) is 0 Å². The zero-order valence-corrected chi connectivity index (χ0v) is 10.1. The highest BCUT2D eigenvalue weighted by molar-refractivity contribution is 9.10. The number of hydrogen-bond donors (Lipinski definition) is 1. The Morgan fingerprint density at radius 1 is 1.44 bits per heavy atom. The van der Waals surface area contributed by atoms with Crippen molar-refractivity contribution >= 4 is 15.9 Å². The van der Waals surface area contributed by atoms with Gasteiger partial charge in [-0.2, -0.15) is 0 Å². The number of halogens is 2. The SMILES string of the molecule is Cn1c(CO)nnc1-c1cc(F)ccc1Br. The van der Waals surface area contributed by atoms with E-state index in [0.717, 1.165) is 4.47 Å². The van der Waals surface area contributed by atoms with Gasteiger partial charge in [0.25, 0.3) is 0 Å². The molecule has 2 aromatic rings.